The second kappa shape index (κ2) is 13.5. The molecule has 2 atom stereocenters. The lowest BCUT2D eigenvalue weighted by Crippen LogP contribution is -2.50. The summed E-state index contributed by atoms with van der Waals surface area (Å²) in [4.78, 5) is 29.8. The topological polar surface area (TPSA) is 119 Å². The van der Waals surface area contributed by atoms with E-state index >= 15 is 0 Å². The number of aryl methyl sites for hydroxylation is 2. The molecule has 0 fully saturated rings. The maximum absolute atomic E-state index is 13.3. The molecule has 0 aliphatic heterocycles. The highest BCUT2D eigenvalue weighted by molar-refractivity contribution is 5.99. The van der Waals surface area contributed by atoms with Crippen LogP contribution in [0.25, 0.3) is 10.9 Å². The van der Waals surface area contributed by atoms with Crippen LogP contribution in [0.4, 0.5) is 0 Å². The first kappa shape index (κ1) is 30.9. The number of aromatic amines is 1. The molecule has 4 N–H and O–H groups in total. The van der Waals surface area contributed by atoms with Crippen LogP contribution >= 0.6 is 0 Å². The van der Waals surface area contributed by atoms with Gasteiger partial charge < -0.3 is 20.6 Å². The van der Waals surface area contributed by atoms with Gasteiger partial charge in [0.15, 0.2) is 11.6 Å². The van der Waals surface area contributed by atoms with Gasteiger partial charge in [0.25, 0.3) is 0 Å². The number of nitrogens with zero attached hydrogens (tertiary/aromatic N) is 3. The van der Waals surface area contributed by atoms with Crippen LogP contribution in [-0.2, 0) is 30.6 Å². The minimum absolute atomic E-state index is 0.117. The molecule has 0 spiro atoms. The molecule has 0 bridgehead atoms. The standard InChI is InChI=1S/C38H40N6O2/c1-38(2,39)37(46)41-33(23-30-24-40-32-16-10-9-15-31(30)32)36-43-42-34(22-19-26-11-5-3-6-12-26)44(36)25-27-17-20-29(21-18-27)35(45)28-13-7-4-8-14-28/h3-18,20,24,29,33,40H,19,21-23,25,39H2,1-2H3,(H,41,46)/t29?,33-/m1/s1. The van der Waals surface area contributed by atoms with Gasteiger partial charge in [0.2, 0.25) is 5.91 Å². The van der Waals surface area contributed by atoms with Gasteiger partial charge in [-0.25, -0.2) is 0 Å². The van der Waals surface area contributed by atoms with Gasteiger partial charge in [0.1, 0.15) is 5.82 Å². The van der Waals surface area contributed by atoms with Gasteiger partial charge in [-0.15, -0.1) is 10.2 Å². The quantitative estimate of drug-likeness (QED) is 0.148. The Balaban J connectivity index is 1.32. The van der Waals surface area contributed by atoms with Gasteiger partial charge in [-0.2, -0.15) is 0 Å². The summed E-state index contributed by atoms with van der Waals surface area (Å²) < 4.78 is 2.13. The Hall–Kier alpha value is -5.08. The number of aromatic nitrogens is 4. The third-order valence-corrected chi connectivity index (χ3v) is 8.55. The van der Waals surface area contributed by atoms with Crippen molar-refractivity contribution in [2.24, 2.45) is 11.7 Å². The number of hydrogen-bond acceptors (Lipinski definition) is 5. The molecular weight excluding hydrogens is 572 g/mol. The largest absolute Gasteiger partial charge is 0.361 e. The predicted molar refractivity (Wildman–Crippen MR) is 181 cm³/mol. The van der Waals surface area contributed by atoms with Crippen LogP contribution < -0.4 is 11.1 Å². The molecule has 0 radical (unpaired) electrons. The third kappa shape index (κ3) is 7.08. The third-order valence-electron chi connectivity index (χ3n) is 8.55. The molecule has 2 heterocycles. The van der Waals surface area contributed by atoms with Crippen molar-refractivity contribution in [3.05, 3.63) is 143 Å². The zero-order valence-corrected chi connectivity index (χ0v) is 26.3. The monoisotopic (exact) mass is 612 g/mol. The van der Waals surface area contributed by atoms with Crippen LogP contribution in [0.1, 0.15) is 59.4 Å². The average Bonchev–Trinajstić information content (AvgIpc) is 3.67. The SMILES string of the molecule is CC(C)(N)C(=O)N[C@H](Cc1c[nH]c2ccccc12)c1nnc(CCc2ccccc2)n1CC1=CCC(C(=O)c2ccccc2)C=C1. The minimum Gasteiger partial charge on any atom is -0.361 e. The van der Waals surface area contributed by atoms with E-state index in [0.29, 0.717) is 31.6 Å². The Kier molecular flexibility index (Phi) is 9.08. The van der Waals surface area contributed by atoms with Crippen LogP contribution in [0.3, 0.4) is 0 Å². The van der Waals surface area contributed by atoms with Crippen molar-refractivity contribution < 1.29 is 9.59 Å². The molecule has 2 aromatic heterocycles. The summed E-state index contributed by atoms with van der Waals surface area (Å²) in [6.45, 7) is 3.92. The van der Waals surface area contributed by atoms with E-state index < -0.39 is 11.6 Å². The van der Waals surface area contributed by atoms with Gasteiger partial charge in [0.05, 0.1) is 18.1 Å². The Morgan fingerprint density at radius 2 is 1.70 bits per heavy atom. The Morgan fingerprint density at radius 3 is 2.41 bits per heavy atom. The number of hydrogen-bond donors (Lipinski definition) is 3. The van der Waals surface area contributed by atoms with Crippen molar-refractivity contribution in [2.75, 3.05) is 0 Å². The maximum Gasteiger partial charge on any atom is 0.240 e. The van der Waals surface area contributed by atoms with Crippen molar-refractivity contribution in [1.82, 2.24) is 25.1 Å². The van der Waals surface area contributed by atoms with Gasteiger partial charge in [-0.05, 0) is 49.5 Å². The number of fused-ring (bicyclic) bond motifs is 1. The Bertz CT molecular complexity index is 1880. The number of para-hydroxylation sites is 1. The normalized spacial score (nSPS) is 15.5. The van der Waals surface area contributed by atoms with E-state index in [1.165, 1.54) is 5.56 Å². The van der Waals surface area contributed by atoms with Crippen molar-refractivity contribution in [2.45, 2.75) is 57.7 Å². The summed E-state index contributed by atoms with van der Waals surface area (Å²) in [6, 6.07) is 27.4. The van der Waals surface area contributed by atoms with Gasteiger partial charge in [-0.1, -0.05) is 97.1 Å². The number of rotatable bonds is 12. The van der Waals surface area contributed by atoms with Gasteiger partial charge >= 0.3 is 0 Å². The summed E-state index contributed by atoms with van der Waals surface area (Å²) in [5.41, 5.74) is 10.3. The van der Waals surface area contributed by atoms with Crippen LogP contribution in [0, 0.1) is 5.92 Å². The predicted octanol–water partition coefficient (Wildman–Crippen LogP) is 6.07. The molecule has 1 aliphatic rings. The molecular formula is C38H40N6O2. The van der Waals surface area contributed by atoms with Crippen molar-refractivity contribution in [1.29, 1.82) is 0 Å². The minimum atomic E-state index is -1.08. The molecule has 1 aliphatic carbocycles. The second-order valence-electron chi connectivity index (χ2n) is 12.6. The number of allylic oxidation sites excluding steroid dienone is 4. The molecule has 0 saturated heterocycles. The molecule has 8 heteroatoms. The lowest BCUT2D eigenvalue weighted by atomic mass is 9.89. The number of H-pyrrole nitrogens is 1. The summed E-state index contributed by atoms with van der Waals surface area (Å²) in [7, 11) is 0. The fourth-order valence-electron chi connectivity index (χ4n) is 5.91. The molecule has 5 aromatic rings. The Morgan fingerprint density at radius 1 is 0.978 bits per heavy atom. The number of nitrogens with two attached hydrogens (primary N) is 1. The van der Waals surface area contributed by atoms with Crippen LogP contribution in [0.2, 0.25) is 0 Å². The van der Waals surface area contributed by atoms with E-state index in [0.717, 1.165) is 39.8 Å². The number of nitrogens with one attached hydrogen (secondary N) is 2. The number of ketones is 1. The number of Topliss-reactive ketones (excluding diaryl/α,β-unsaturated/α-hetero) is 1. The van der Waals surface area contributed by atoms with Crippen molar-refractivity contribution in [3.63, 3.8) is 0 Å². The lowest BCUT2D eigenvalue weighted by Gasteiger charge is -2.25. The summed E-state index contributed by atoms with van der Waals surface area (Å²) in [6.07, 6.45) is 10.8. The number of carbonyl (C=O) groups excluding carboxylic acids is 2. The lowest BCUT2D eigenvalue weighted by molar-refractivity contribution is -0.126. The summed E-state index contributed by atoms with van der Waals surface area (Å²) in [5.74, 6) is 1.15. The first-order valence-corrected chi connectivity index (χ1v) is 15.8. The summed E-state index contributed by atoms with van der Waals surface area (Å²) >= 11 is 0. The van der Waals surface area contributed by atoms with E-state index in [4.69, 9.17) is 10.8 Å². The molecule has 1 amide bonds. The van der Waals surface area contributed by atoms with Crippen LogP contribution in [-0.4, -0.2) is 37.0 Å². The van der Waals surface area contributed by atoms with Crippen molar-refractivity contribution in [3.8, 4) is 0 Å². The number of carbonyl (C=O) groups is 2. The fraction of sp³-hybridized carbons (Fsp3) is 0.263. The zero-order chi connectivity index (χ0) is 32.1. The fourth-order valence-corrected chi connectivity index (χ4v) is 5.91. The molecule has 1 unspecified atom stereocenters. The highest BCUT2D eigenvalue weighted by atomic mass is 16.2. The van der Waals surface area contributed by atoms with E-state index in [-0.39, 0.29) is 17.6 Å². The van der Waals surface area contributed by atoms with E-state index in [9.17, 15) is 9.59 Å². The molecule has 46 heavy (non-hydrogen) atoms. The van der Waals surface area contributed by atoms with Gasteiger partial charge in [0, 0.05) is 41.4 Å². The van der Waals surface area contributed by atoms with E-state index in [2.05, 4.69) is 44.2 Å². The molecule has 6 rings (SSSR count). The van der Waals surface area contributed by atoms with E-state index in [1.54, 1.807) is 13.8 Å². The highest BCUT2D eigenvalue weighted by Crippen LogP contribution is 2.27. The van der Waals surface area contributed by atoms with Crippen LogP contribution in [0.5, 0.6) is 0 Å². The average molecular weight is 613 g/mol. The van der Waals surface area contributed by atoms with Crippen molar-refractivity contribution >= 4 is 22.6 Å². The molecule has 0 saturated carbocycles. The second-order valence-corrected chi connectivity index (χ2v) is 12.6. The van der Waals surface area contributed by atoms with Gasteiger partial charge in [-0.3, -0.25) is 9.59 Å². The molecule has 8 nitrogen and oxygen atoms in total. The molecule has 3 aromatic carbocycles. The molecule has 234 valence electrons. The zero-order valence-electron chi connectivity index (χ0n) is 26.3. The smallest absolute Gasteiger partial charge is 0.240 e. The van der Waals surface area contributed by atoms with E-state index in [1.807, 2.05) is 85.1 Å². The maximum atomic E-state index is 13.3. The Labute approximate surface area is 269 Å². The highest BCUT2D eigenvalue weighted by Gasteiger charge is 2.30. The summed E-state index contributed by atoms with van der Waals surface area (Å²) in [5, 5.41) is 13.7. The number of benzene rings is 3. The first-order chi connectivity index (χ1) is 22.3. The first-order valence-electron chi connectivity index (χ1n) is 15.8. The number of amides is 1. The van der Waals surface area contributed by atoms with Crippen LogP contribution in [0.15, 0.2) is 115 Å².